The summed E-state index contributed by atoms with van der Waals surface area (Å²) in [6, 6.07) is 67.9. The van der Waals surface area contributed by atoms with Gasteiger partial charge in [-0.2, -0.15) is 0 Å². The van der Waals surface area contributed by atoms with Crippen LogP contribution in [0.5, 0.6) is 0 Å². The van der Waals surface area contributed by atoms with Gasteiger partial charge in [-0.3, -0.25) is 0 Å². The number of hydrogen-bond donors (Lipinski definition) is 0. The van der Waals surface area contributed by atoms with E-state index < -0.39 is 0 Å². The van der Waals surface area contributed by atoms with Gasteiger partial charge in [-0.1, -0.05) is 139 Å². The summed E-state index contributed by atoms with van der Waals surface area (Å²) in [6.45, 7) is 13.9. The van der Waals surface area contributed by atoms with Crippen molar-refractivity contribution < 1.29 is 0 Å². The van der Waals surface area contributed by atoms with Gasteiger partial charge in [0.15, 0.2) is 0 Å². The van der Waals surface area contributed by atoms with Crippen LogP contribution in [0.1, 0.15) is 52.7 Å². The van der Waals surface area contributed by atoms with E-state index in [1.807, 2.05) is 0 Å². The molecule has 2 aliphatic heterocycles. The number of aromatic nitrogens is 1. The topological polar surface area (TPSA) is 11.4 Å². The lowest BCUT2D eigenvalue weighted by Crippen LogP contribution is -2.61. The fourth-order valence-corrected chi connectivity index (χ4v) is 9.81. The molecule has 0 atom stereocenters. The van der Waals surface area contributed by atoms with E-state index in [1.54, 1.807) is 0 Å². The second-order valence-electron chi connectivity index (χ2n) is 18.7. The minimum atomic E-state index is 0.0596. The average molecular weight is 774 g/mol. The monoisotopic (exact) mass is 773 g/mol. The Hall–Kier alpha value is -6.78. The number of para-hydroxylation sites is 3. The Kier molecular flexibility index (Phi) is 8.09. The summed E-state index contributed by atoms with van der Waals surface area (Å²) >= 11 is 0. The van der Waals surface area contributed by atoms with Crippen LogP contribution in [-0.4, -0.2) is 11.3 Å². The zero-order chi connectivity index (χ0) is 40.9. The summed E-state index contributed by atoms with van der Waals surface area (Å²) in [5.41, 5.74) is 20.0. The van der Waals surface area contributed by atoms with Gasteiger partial charge in [-0.25, -0.2) is 0 Å². The van der Waals surface area contributed by atoms with Crippen molar-refractivity contribution in [2.75, 3.05) is 9.80 Å². The van der Waals surface area contributed by atoms with Gasteiger partial charge in [0.1, 0.15) is 0 Å². The first kappa shape index (κ1) is 36.3. The molecule has 11 rings (SSSR count). The van der Waals surface area contributed by atoms with E-state index in [0.717, 1.165) is 17.1 Å². The molecule has 9 aromatic rings. The Balaban J connectivity index is 1.06. The minimum Gasteiger partial charge on any atom is -0.311 e. The summed E-state index contributed by atoms with van der Waals surface area (Å²) in [5, 5.41) is 2.62. The molecule has 0 saturated carbocycles. The minimum absolute atomic E-state index is 0.0596. The highest BCUT2D eigenvalue weighted by Gasteiger charge is 2.43. The first-order valence-electron chi connectivity index (χ1n) is 21.3. The van der Waals surface area contributed by atoms with E-state index in [-0.39, 0.29) is 17.5 Å². The molecule has 0 aliphatic carbocycles. The standard InChI is InChI=1S/C56H48BN3/c1-55(2,3)39-27-32-48-44(35-39)45-36-40(56(4,5)6)28-33-49(45)58(48)43-29-24-37(25-30-43)38-26-31-47-53(34-38)60(42-18-11-8-12-19-42)52-23-15-22-51-54(52)57(47)46-20-13-14-21-50(46)59(51)41-16-9-7-10-17-41/h7-36H,1-6H3. The van der Waals surface area contributed by atoms with Crippen LogP contribution in [0.3, 0.4) is 0 Å². The summed E-state index contributed by atoms with van der Waals surface area (Å²) in [4.78, 5) is 4.92. The maximum absolute atomic E-state index is 2.48. The average Bonchev–Trinajstić information content (AvgIpc) is 3.59. The Morgan fingerprint density at radius 2 is 0.850 bits per heavy atom. The maximum Gasteiger partial charge on any atom is 0.252 e. The lowest BCUT2D eigenvalue weighted by Gasteiger charge is -2.44. The number of nitrogens with zero attached hydrogens (tertiary/aromatic N) is 3. The molecule has 0 bridgehead atoms. The molecule has 1 aromatic heterocycles. The molecule has 3 nitrogen and oxygen atoms in total. The Morgan fingerprint density at radius 3 is 1.42 bits per heavy atom. The highest BCUT2D eigenvalue weighted by atomic mass is 15.2. The number of hydrogen-bond acceptors (Lipinski definition) is 2. The van der Waals surface area contributed by atoms with Crippen molar-refractivity contribution >= 4 is 79.0 Å². The Morgan fingerprint density at radius 1 is 0.367 bits per heavy atom. The third kappa shape index (κ3) is 5.65. The molecule has 290 valence electrons. The van der Waals surface area contributed by atoms with E-state index in [0.29, 0.717) is 0 Å². The van der Waals surface area contributed by atoms with Crippen molar-refractivity contribution in [3.05, 3.63) is 193 Å². The second-order valence-corrected chi connectivity index (χ2v) is 18.7. The van der Waals surface area contributed by atoms with Crippen molar-refractivity contribution in [3.8, 4) is 16.8 Å². The van der Waals surface area contributed by atoms with Gasteiger partial charge in [0, 0.05) is 50.6 Å². The van der Waals surface area contributed by atoms with Crippen LogP contribution in [0.4, 0.5) is 34.1 Å². The van der Waals surface area contributed by atoms with E-state index >= 15 is 0 Å². The van der Waals surface area contributed by atoms with Gasteiger partial charge in [0.05, 0.1) is 11.0 Å². The van der Waals surface area contributed by atoms with Crippen molar-refractivity contribution in [3.63, 3.8) is 0 Å². The largest absolute Gasteiger partial charge is 0.311 e. The highest BCUT2D eigenvalue weighted by molar-refractivity contribution is 7.00. The summed E-state index contributed by atoms with van der Waals surface area (Å²) < 4.78 is 2.45. The first-order valence-corrected chi connectivity index (χ1v) is 21.3. The molecule has 0 unspecified atom stereocenters. The molecule has 0 saturated heterocycles. The predicted octanol–water partition coefficient (Wildman–Crippen LogP) is 13.1. The van der Waals surface area contributed by atoms with Crippen LogP contribution in [0.15, 0.2) is 182 Å². The Labute approximate surface area is 354 Å². The Bertz CT molecular complexity index is 3040. The first-order chi connectivity index (χ1) is 29.0. The van der Waals surface area contributed by atoms with Crippen molar-refractivity contribution in [2.24, 2.45) is 0 Å². The SMILES string of the molecule is CC(C)(C)c1ccc2c(c1)c1cc(C(C)(C)C)ccc1n2-c1ccc(-c2ccc3c(c2)N(c2ccccc2)c2cccc4c2B3c2ccccc2N4c2ccccc2)cc1. The normalized spacial score (nSPS) is 13.4. The molecule has 0 radical (unpaired) electrons. The van der Waals surface area contributed by atoms with E-state index in [4.69, 9.17) is 0 Å². The summed E-state index contributed by atoms with van der Waals surface area (Å²) in [7, 11) is 0. The quantitative estimate of drug-likeness (QED) is 0.165. The highest BCUT2D eigenvalue weighted by Crippen LogP contribution is 2.45. The predicted molar refractivity (Wildman–Crippen MR) is 258 cm³/mol. The lowest BCUT2D eigenvalue weighted by molar-refractivity contribution is 0.590. The van der Waals surface area contributed by atoms with Gasteiger partial charge in [0.2, 0.25) is 0 Å². The number of fused-ring (bicyclic) bond motifs is 7. The van der Waals surface area contributed by atoms with Crippen molar-refractivity contribution in [1.82, 2.24) is 4.57 Å². The van der Waals surface area contributed by atoms with Gasteiger partial charge in [0.25, 0.3) is 6.71 Å². The molecule has 0 amide bonds. The fraction of sp³-hybridized carbons (Fsp3) is 0.143. The molecule has 4 heteroatoms. The van der Waals surface area contributed by atoms with E-state index in [1.165, 1.54) is 83.2 Å². The molecule has 8 aromatic carbocycles. The van der Waals surface area contributed by atoms with Crippen molar-refractivity contribution in [1.29, 1.82) is 0 Å². The van der Waals surface area contributed by atoms with E-state index in [9.17, 15) is 0 Å². The summed E-state index contributed by atoms with van der Waals surface area (Å²) in [5.74, 6) is 0. The van der Waals surface area contributed by atoms with Crippen LogP contribution in [-0.2, 0) is 10.8 Å². The van der Waals surface area contributed by atoms with Crippen LogP contribution in [0, 0.1) is 0 Å². The van der Waals surface area contributed by atoms with Crippen molar-refractivity contribution in [2.45, 2.75) is 52.4 Å². The number of anilines is 6. The van der Waals surface area contributed by atoms with Gasteiger partial charge < -0.3 is 14.4 Å². The van der Waals surface area contributed by atoms with Crippen LogP contribution >= 0.6 is 0 Å². The molecule has 0 N–H and O–H groups in total. The van der Waals surface area contributed by atoms with E-state index in [2.05, 4.69) is 238 Å². The maximum atomic E-state index is 2.48. The van der Waals surface area contributed by atoms with Crippen LogP contribution in [0.2, 0.25) is 0 Å². The second kappa shape index (κ2) is 13.4. The molecule has 3 heterocycles. The third-order valence-electron chi connectivity index (χ3n) is 12.9. The van der Waals surface area contributed by atoms with Gasteiger partial charge >= 0.3 is 0 Å². The third-order valence-corrected chi connectivity index (χ3v) is 12.9. The lowest BCUT2D eigenvalue weighted by atomic mass is 9.33. The zero-order valence-corrected chi connectivity index (χ0v) is 35.2. The number of rotatable bonds is 4. The molecule has 0 spiro atoms. The van der Waals surface area contributed by atoms with Gasteiger partial charge in [-0.05, 0) is 134 Å². The molecular formula is C56H48BN3. The summed E-state index contributed by atoms with van der Waals surface area (Å²) in [6.07, 6.45) is 0. The van der Waals surface area contributed by atoms with Gasteiger partial charge in [-0.15, -0.1) is 0 Å². The molecule has 2 aliphatic rings. The molecule has 0 fully saturated rings. The fourth-order valence-electron chi connectivity index (χ4n) is 9.81. The molecular weight excluding hydrogens is 725 g/mol. The van der Waals surface area contributed by atoms with Crippen LogP contribution in [0.25, 0.3) is 38.6 Å². The van der Waals surface area contributed by atoms with Crippen LogP contribution < -0.4 is 26.2 Å². The smallest absolute Gasteiger partial charge is 0.252 e. The zero-order valence-electron chi connectivity index (χ0n) is 35.2. The molecule has 60 heavy (non-hydrogen) atoms. The number of benzene rings is 8.